The van der Waals surface area contributed by atoms with Crippen molar-refractivity contribution >= 4 is 29.0 Å². The fraction of sp³-hybridized carbons (Fsp3) is 0.350. The van der Waals surface area contributed by atoms with Crippen molar-refractivity contribution in [2.24, 2.45) is 0 Å². The van der Waals surface area contributed by atoms with Crippen molar-refractivity contribution < 1.29 is 14.3 Å². The van der Waals surface area contributed by atoms with Crippen LogP contribution in [-0.4, -0.2) is 52.5 Å². The fourth-order valence-corrected chi connectivity index (χ4v) is 4.88. The van der Waals surface area contributed by atoms with Gasteiger partial charge in [0.2, 0.25) is 11.1 Å². The van der Waals surface area contributed by atoms with E-state index in [-0.39, 0.29) is 11.9 Å². The predicted molar refractivity (Wildman–Crippen MR) is 114 cm³/mol. The van der Waals surface area contributed by atoms with Gasteiger partial charge in [-0.1, -0.05) is 17.8 Å². The number of rotatable bonds is 7. The lowest BCUT2D eigenvalue weighted by atomic mass is 10.0. The van der Waals surface area contributed by atoms with Gasteiger partial charge in [-0.05, 0) is 42.5 Å². The molecule has 4 rings (SSSR count). The number of benzene rings is 1. The maximum atomic E-state index is 13.0. The number of carbonyl (C=O) groups excluding carboxylic acids is 1. The molecule has 1 N–H and O–H groups in total. The molecule has 1 aromatic carbocycles. The lowest BCUT2D eigenvalue weighted by molar-refractivity contribution is -0.129. The Balaban J connectivity index is 1.44. The van der Waals surface area contributed by atoms with Crippen molar-refractivity contribution in [3.8, 4) is 22.2 Å². The van der Waals surface area contributed by atoms with E-state index in [1.54, 1.807) is 25.6 Å². The Morgan fingerprint density at radius 3 is 3.00 bits per heavy atom. The minimum absolute atomic E-state index is 0.0121. The van der Waals surface area contributed by atoms with E-state index in [0.717, 1.165) is 47.2 Å². The Hall–Kier alpha value is -2.52. The van der Waals surface area contributed by atoms with Crippen molar-refractivity contribution in [1.29, 1.82) is 0 Å². The van der Waals surface area contributed by atoms with E-state index in [2.05, 4.69) is 15.2 Å². The second-order valence-corrected chi connectivity index (χ2v) is 8.48. The third kappa shape index (κ3) is 4.25. The van der Waals surface area contributed by atoms with E-state index in [4.69, 9.17) is 9.47 Å². The van der Waals surface area contributed by atoms with E-state index in [0.29, 0.717) is 10.9 Å². The number of amides is 1. The maximum absolute atomic E-state index is 13.0. The summed E-state index contributed by atoms with van der Waals surface area (Å²) >= 11 is 2.95. The summed E-state index contributed by atoms with van der Waals surface area (Å²) < 4.78 is 10.9. The zero-order chi connectivity index (χ0) is 20.2. The van der Waals surface area contributed by atoms with Crippen LogP contribution >= 0.6 is 23.1 Å². The first kappa shape index (κ1) is 19.8. The zero-order valence-electron chi connectivity index (χ0n) is 16.3. The lowest BCUT2D eigenvalue weighted by Crippen LogP contribution is -2.32. The van der Waals surface area contributed by atoms with Gasteiger partial charge in [-0.15, -0.1) is 16.4 Å². The summed E-state index contributed by atoms with van der Waals surface area (Å²) in [7, 11) is 3.29. The van der Waals surface area contributed by atoms with E-state index >= 15 is 0 Å². The number of thiophene rings is 1. The van der Waals surface area contributed by atoms with Gasteiger partial charge in [0, 0.05) is 12.1 Å². The minimum Gasteiger partial charge on any atom is -0.497 e. The van der Waals surface area contributed by atoms with Gasteiger partial charge in [-0.2, -0.15) is 0 Å². The number of aromatic nitrogens is 3. The summed E-state index contributed by atoms with van der Waals surface area (Å²) in [5, 5.41) is 9.74. The molecule has 29 heavy (non-hydrogen) atoms. The highest BCUT2D eigenvalue weighted by molar-refractivity contribution is 7.99. The number of methoxy groups -OCH3 is 2. The van der Waals surface area contributed by atoms with Gasteiger partial charge in [0.15, 0.2) is 5.82 Å². The van der Waals surface area contributed by atoms with Gasteiger partial charge in [0.25, 0.3) is 0 Å². The number of nitrogens with zero attached hydrogens (tertiary/aromatic N) is 3. The number of likely N-dealkylation sites (tertiary alicyclic amines) is 1. The first-order chi connectivity index (χ1) is 14.2. The molecular weight excluding hydrogens is 408 g/mol. The molecule has 1 atom stereocenters. The first-order valence-corrected chi connectivity index (χ1v) is 11.2. The Kier molecular flexibility index (Phi) is 6.05. The molecule has 0 radical (unpaired) electrons. The summed E-state index contributed by atoms with van der Waals surface area (Å²) in [5.41, 5.74) is 0.987. The van der Waals surface area contributed by atoms with Gasteiger partial charge in [-0.25, -0.2) is 4.98 Å². The molecular formula is C20H22N4O3S2. The molecule has 3 heterocycles. The number of hydrogen-bond donors (Lipinski definition) is 1. The van der Waals surface area contributed by atoms with Crippen molar-refractivity contribution in [3.63, 3.8) is 0 Å². The zero-order valence-corrected chi connectivity index (χ0v) is 17.9. The highest BCUT2D eigenvalue weighted by Gasteiger charge is 2.32. The van der Waals surface area contributed by atoms with Crippen LogP contribution in [-0.2, 0) is 4.79 Å². The third-order valence-corrected chi connectivity index (χ3v) is 6.62. The van der Waals surface area contributed by atoms with Gasteiger partial charge in [-0.3, -0.25) is 9.89 Å². The van der Waals surface area contributed by atoms with E-state index < -0.39 is 0 Å². The molecule has 152 valence electrons. The topological polar surface area (TPSA) is 80.3 Å². The largest absolute Gasteiger partial charge is 0.497 e. The average Bonchev–Trinajstić information content (AvgIpc) is 3.52. The van der Waals surface area contributed by atoms with E-state index in [1.807, 2.05) is 40.6 Å². The number of aromatic amines is 1. The molecule has 1 amide bonds. The highest BCUT2D eigenvalue weighted by Crippen LogP contribution is 2.39. The fourth-order valence-electron chi connectivity index (χ4n) is 3.53. The highest BCUT2D eigenvalue weighted by atomic mass is 32.2. The van der Waals surface area contributed by atoms with Gasteiger partial charge in [0.1, 0.15) is 11.5 Å². The summed E-state index contributed by atoms with van der Waals surface area (Å²) in [6.45, 7) is 0.735. The van der Waals surface area contributed by atoms with Crippen LogP contribution < -0.4 is 9.47 Å². The van der Waals surface area contributed by atoms with Crippen molar-refractivity contribution in [2.75, 3.05) is 26.5 Å². The predicted octanol–water partition coefficient (Wildman–Crippen LogP) is 4.01. The summed E-state index contributed by atoms with van der Waals surface area (Å²) in [6, 6.07) is 9.67. The van der Waals surface area contributed by atoms with Crippen LogP contribution in [0.15, 0.2) is 40.9 Å². The number of H-pyrrole nitrogens is 1. The average molecular weight is 431 g/mol. The van der Waals surface area contributed by atoms with Gasteiger partial charge >= 0.3 is 0 Å². The molecule has 1 aliphatic heterocycles. The Morgan fingerprint density at radius 2 is 2.24 bits per heavy atom. The van der Waals surface area contributed by atoms with Gasteiger partial charge in [0.05, 0.1) is 30.9 Å². The molecule has 1 aliphatic rings. The normalized spacial score (nSPS) is 16.2. The number of carbonyl (C=O) groups is 1. The molecule has 1 saturated heterocycles. The summed E-state index contributed by atoms with van der Waals surface area (Å²) in [4.78, 5) is 20.4. The standard InChI is InChI=1S/C20H22N4O3S2/c1-26-13-7-8-16(27-2)14(11-13)15-5-3-9-24(15)18(25)12-29-20-21-19(22-23-20)17-6-4-10-28-17/h4,6-8,10-11,15H,3,5,9,12H2,1-2H3,(H,21,22,23)/t15-/m0/s1. The molecule has 9 heteroatoms. The molecule has 0 spiro atoms. The quantitative estimate of drug-likeness (QED) is 0.571. The molecule has 2 aromatic heterocycles. The van der Waals surface area contributed by atoms with Crippen LogP contribution in [0.5, 0.6) is 11.5 Å². The van der Waals surface area contributed by atoms with Crippen LogP contribution in [0.4, 0.5) is 0 Å². The second-order valence-electron chi connectivity index (χ2n) is 6.59. The van der Waals surface area contributed by atoms with E-state index in [1.165, 1.54) is 11.8 Å². The molecule has 3 aromatic rings. The summed E-state index contributed by atoms with van der Waals surface area (Å²) in [5.74, 6) is 2.64. The Morgan fingerprint density at radius 1 is 1.34 bits per heavy atom. The summed E-state index contributed by atoms with van der Waals surface area (Å²) in [6.07, 6.45) is 1.87. The van der Waals surface area contributed by atoms with Crippen molar-refractivity contribution in [1.82, 2.24) is 20.1 Å². The number of thioether (sulfide) groups is 1. The third-order valence-electron chi connectivity index (χ3n) is 4.91. The molecule has 0 aliphatic carbocycles. The maximum Gasteiger partial charge on any atom is 0.233 e. The molecule has 7 nitrogen and oxygen atoms in total. The smallest absolute Gasteiger partial charge is 0.233 e. The molecule has 0 saturated carbocycles. The monoisotopic (exact) mass is 430 g/mol. The van der Waals surface area contributed by atoms with Crippen LogP contribution in [0, 0.1) is 0 Å². The second kappa shape index (κ2) is 8.87. The van der Waals surface area contributed by atoms with Crippen LogP contribution in [0.3, 0.4) is 0 Å². The molecule has 0 unspecified atom stereocenters. The van der Waals surface area contributed by atoms with Crippen molar-refractivity contribution in [3.05, 3.63) is 41.3 Å². The molecule has 1 fully saturated rings. The number of ether oxygens (including phenoxy) is 2. The van der Waals surface area contributed by atoms with Crippen molar-refractivity contribution in [2.45, 2.75) is 24.0 Å². The SMILES string of the molecule is COc1ccc(OC)c([C@@H]2CCCN2C(=O)CSc2n[nH]c(-c3cccs3)n2)c1. The lowest BCUT2D eigenvalue weighted by Gasteiger charge is -2.26. The van der Waals surface area contributed by atoms with Crippen LogP contribution in [0.2, 0.25) is 0 Å². The van der Waals surface area contributed by atoms with E-state index in [9.17, 15) is 4.79 Å². The number of nitrogens with one attached hydrogen (secondary N) is 1. The minimum atomic E-state index is -0.0121. The Bertz CT molecular complexity index is 974. The van der Waals surface area contributed by atoms with Crippen LogP contribution in [0.25, 0.3) is 10.7 Å². The first-order valence-electron chi connectivity index (χ1n) is 9.30. The van der Waals surface area contributed by atoms with Gasteiger partial charge < -0.3 is 14.4 Å². The van der Waals surface area contributed by atoms with Crippen LogP contribution in [0.1, 0.15) is 24.4 Å². The Labute approximate surface area is 177 Å². The number of hydrogen-bond acceptors (Lipinski definition) is 7. The molecule has 0 bridgehead atoms.